The highest BCUT2D eigenvalue weighted by atomic mass is 32.1. The van der Waals surface area contributed by atoms with Crippen molar-refractivity contribution in [1.29, 1.82) is 0 Å². The van der Waals surface area contributed by atoms with Gasteiger partial charge in [-0.25, -0.2) is 0 Å². The second-order valence-electron chi connectivity index (χ2n) is 1.38. The molecule has 8 heavy (non-hydrogen) atoms. The molecule has 0 radical (unpaired) electrons. The summed E-state index contributed by atoms with van der Waals surface area (Å²) in [6.45, 7) is 0. The van der Waals surface area contributed by atoms with Gasteiger partial charge in [-0.05, 0) is 18.3 Å². The highest BCUT2D eigenvalue weighted by Crippen LogP contribution is 1.99. The summed E-state index contributed by atoms with van der Waals surface area (Å²) in [5.74, 6) is 0. The minimum Gasteiger partial charge on any atom is -0.453 e. The Morgan fingerprint density at radius 1 is 1.62 bits per heavy atom. The second kappa shape index (κ2) is 1.96. The normalized spacial score (nSPS) is 9.00. The lowest BCUT2D eigenvalue weighted by Gasteiger charge is -1.85. The zero-order valence-corrected chi connectivity index (χ0v) is 4.94. The molecule has 42 valence electrons. The summed E-state index contributed by atoms with van der Waals surface area (Å²) in [6, 6.07) is 3.24. The highest BCUT2D eigenvalue weighted by molar-refractivity contribution is 7.71. The molecule has 3 heteroatoms. The Bertz CT molecular complexity index is 230. The molecule has 2 N–H and O–H groups in total. The molecule has 0 fully saturated rings. The third kappa shape index (κ3) is 1.07. The molecule has 0 unspecified atom stereocenters. The van der Waals surface area contributed by atoms with E-state index in [-0.39, 0.29) is 0 Å². The van der Waals surface area contributed by atoms with Crippen molar-refractivity contribution in [2.45, 2.75) is 0 Å². The van der Waals surface area contributed by atoms with Gasteiger partial charge in [0.25, 0.3) is 0 Å². The fraction of sp³-hybridized carbons (Fsp3) is 0. The zero-order chi connectivity index (χ0) is 5.98. The van der Waals surface area contributed by atoms with E-state index in [4.69, 9.17) is 10.2 Å². The van der Waals surface area contributed by atoms with Crippen molar-refractivity contribution >= 4 is 17.9 Å². The van der Waals surface area contributed by atoms with Gasteiger partial charge < -0.3 is 10.2 Å². The number of nitrogens with two attached hydrogens (primary N) is 1. The Morgan fingerprint density at radius 3 is 2.75 bits per heavy atom. The lowest BCUT2D eigenvalue weighted by Crippen LogP contribution is -1.80. The SMILES string of the molecule is Nc1ccoc(=S)c1. The van der Waals surface area contributed by atoms with Crippen LogP contribution in [0.4, 0.5) is 5.69 Å². The van der Waals surface area contributed by atoms with Crippen LogP contribution < -0.4 is 5.73 Å². The average molecular weight is 127 g/mol. The fourth-order valence-corrected chi connectivity index (χ4v) is 0.590. The van der Waals surface area contributed by atoms with Crippen molar-refractivity contribution < 1.29 is 4.42 Å². The van der Waals surface area contributed by atoms with Gasteiger partial charge in [-0.2, -0.15) is 0 Å². The van der Waals surface area contributed by atoms with Crippen molar-refractivity contribution in [1.82, 2.24) is 0 Å². The standard InChI is InChI=1S/C5H5NOS/c6-4-1-2-7-5(8)3-4/h1-3H,6H2. The van der Waals surface area contributed by atoms with Gasteiger partial charge in [-0.1, -0.05) is 0 Å². The Morgan fingerprint density at radius 2 is 2.38 bits per heavy atom. The van der Waals surface area contributed by atoms with E-state index in [0.717, 1.165) is 0 Å². The van der Waals surface area contributed by atoms with Crippen LogP contribution in [-0.4, -0.2) is 0 Å². The summed E-state index contributed by atoms with van der Waals surface area (Å²) in [5, 5.41) is 0. The maximum Gasteiger partial charge on any atom is 0.191 e. The van der Waals surface area contributed by atoms with E-state index >= 15 is 0 Å². The minimum absolute atomic E-state index is 0.421. The van der Waals surface area contributed by atoms with E-state index < -0.39 is 0 Å². The molecule has 0 saturated carbocycles. The molecule has 0 aliphatic rings. The molecule has 2 nitrogen and oxygen atoms in total. The smallest absolute Gasteiger partial charge is 0.191 e. The van der Waals surface area contributed by atoms with Crippen LogP contribution in [-0.2, 0) is 0 Å². The molecule has 0 aliphatic heterocycles. The Hall–Kier alpha value is -0.830. The van der Waals surface area contributed by atoms with Gasteiger partial charge >= 0.3 is 0 Å². The average Bonchev–Trinajstić information content (AvgIpc) is 1.64. The van der Waals surface area contributed by atoms with Crippen molar-refractivity contribution in [2.24, 2.45) is 0 Å². The van der Waals surface area contributed by atoms with Gasteiger partial charge in [-0.15, -0.1) is 0 Å². The van der Waals surface area contributed by atoms with E-state index in [1.54, 1.807) is 12.1 Å². The number of anilines is 1. The number of rotatable bonds is 0. The predicted octanol–water partition coefficient (Wildman–Crippen LogP) is 1.59. The highest BCUT2D eigenvalue weighted by Gasteiger charge is 1.79. The van der Waals surface area contributed by atoms with Crippen LogP contribution in [0.1, 0.15) is 0 Å². The fourth-order valence-electron chi connectivity index (χ4n) is 0.398. The van der Waals surface area contributed by atoms with Crippen molar-refractivity contribution in [2.75, 3.05) is 5.73 Å². The molecule has 0 amide bonds. The van der Waals surface area contributed by atoms with Crippen molar-refractivity contribution in [3.8, 4) is 0 Å². The monoisotopic (exact) mass is 127 g/mol. The van der Waals surface area contributed by atoms with Gasteiger partial charge in [0, 0.05) is 11.8 Å². The van der Waals surface area contributed by atoms with Crippen LogP contribution in [0.5, 0.6) is 0 Å². The topological polar surface area (TPSA) is 39.2 Å². The Kier molecular flexibility index (Phi) is 1.30. The van der Waals surface area contributed by atoms with Crippen LogP contribution in [0.25, 0.3) is 0 Å². The molecule has 1 aromatic rings. The summed E-state index contributed by atoms with van der Waals surface area (Å²) in [5.41, 5.74) is 5.97. The first-order valence-electron chi connectivity index (χ1n) is 2.13. The van der Waals surface area contributed by atoms with Crippen LogP contribution in [0, 0.1) is 4.71 Å². The van der Waals surface area contributed by atoms with E-state index in [0.29, 0.717) is 10.4 Å². The molecular formula is C5H5NOS. The zero-order valence-electron chi connectivity index (χ0n) is 4.13. The van der Waals surface area contributed by atoms with Gasteiger partial charge in [-0.3, -0.25) is 0 Å². The molecular weight excluding hydrogens is 122 g/mol. The molecule has 0 atom stereocenters. The van der Waals surface area contributed by atoms with Gasteiger partial charge in [0.15, 0.2) is 4.71 Å². The summed E-state index contributed by atoms with van der Waals surface area (Å²) in [6.07, 6.45) is 1.47. The maximum absolute atomic E-state index is 5.33. The quantitative estimate of drug-likeness (QED) is 0.538. The molecule has 0 spiro atoms. The molecule has 0 aliphatic carbocycles. The van der Waals surface area contributed by atoms with Gasteiger partial charge in [0.2, 0.25) is 0 Å². The predicted molar refractivity (Wildman–Crippen MR) is 34.0 cm³/mol. The van der Waals surface area contributed by atoms with Crippen LogP contribution in [0.2, 0.25) is 0 Å². The Labute approximate surface area is 51.9 Å². The van der Waals surface area contributed by atoms with Crippen LogP contribution >= 0.6 is 12.2 Å². The molecule has 1 heterocycles. The van der Waals surface area contributed by atoms with Gasteiger partial charge in [0.1, 0.15) is 0 Å². The van der Waals surface area contributed by atoms with E-state index in [9.17, 15) is 0 Å². The third-order valence-corrected chi connectivity index (χ3v) is 0.943. The first kappa shape index (κ1) is 5.31. The lowest BCUT2D eigenvalue weighted by atomic mass is 10.5. The van der Waals surface area contributed by atoms with Crippen molar-refractivity contribution in [3.63, 3.8) is 0 Å². The Balaban J connectivity index is 3.28. The summed E-state index contributed by atoms with van der Waals surface area (Å²) in [7, 11) is 0. The van der Waals surface area contributed by atoms with Crippen LogP contribution in [0.15, 0.2) is 22.8 Å². The summed E-state index contributed by atoms with van der Waals surface area (Å²) in [4.78, 5) is 0. The number of hydrogen-bond acceptors (Lipinski definition) is 3. The first-order chi connectivity index (χ1) is 3.79. The third-order valence-electron chi connectivity index (χ3n) is 0.729. The lowest BCUT2D eigenvalue weighted by molar-refractivity contribution is 0.535. The maximum atomic E-state index is 5.33. The number of hydrogen-bond donors (Lipinski definition) is 1. The molecule has 0 bridgehead atoms. The van der Waals surface area contributed by atoms with E-state index in [1.807, 2.05) is 0 Å². The molecule has 0 saturated heterocycles. The molecule has 0 aromatic carbocycles. The van der Waals surface area contributed by atoms with Crippen LogP contribution in [0.3, 0.4) is 0 Å². The largest absolute Gasteiger partial charge is 0.453 e. The number of nitrogen functional groups attached to an aromatic ring is 1. The van der Waals surface area contributed by atoms with Gasteiger partial charge in [0.05, 0.1) is 6.26 Å². The van der Waals surface area contributed by atoms with Crippen molar-refractivity contribution in [3.05, 3.63) is 23.1 Å². The first-order valence-corrected chi connectivity index (χ1v) is 2.54. The van der Waals surface area contributed by atoms with E-state index in [2.05, 4.69) is 12.2 Å². The summed E-state index contributed by atoms with van der Waals surface area (Å²) < 4.78 is 5.16. The minimum atomic E-state index is 0.421. The van der Waals surface area contributed by atoms with E-state index in [1.165, 1.54) is 6.26 Å². The molecule has 1 aromatic heterocycles. The second-order valence-corrected chi connectivity index (χ2v) is 1.79. The summed E-state index contributed by atoms with van der Waals surface area (Å²) >= 11 is 4.65. The molecule has 1 rings (SSSR count).